The number of hydrogen-bond acceptors (Lipinski definition) is 2. The van der Waals surface area contributed by atoms with Gasteiger partial charge in [0.1, 0.15) is 0 Å². The molecule has 3 nitrogen and oxygen atoms in total. The summed E-state index contributed by atoms with van der Waals surface area (Å²) >= 11 is 0. The van der Waals surface area contributed by atoms with Crippen LogP contribution < -0.4 is 10.8 Å². The maximum atomic E-state index is 9.71. The van der Waals surface area contributed by atoms with Crippen molar-refractivity contribution in [2.24, 2.45) is 0 Å². The van der Waals surface area contributed by atoms with E-state index in [4.69, 9.17) is 0 Å². The Morgan fingerprint density at radius 1 is 1.38 bits per heavy atom. The van der Waals surface area contributed by atoms with Crippen molar-refractivity contribution in [3.63, 3.8) is 0 Å². The third kappa shape index (κ3) is 54.0. The van der Waals surface area contributed by atoms with Crippen molar-refractivity contribution < 1.29 is 15.6 Å². The van der Waals surface area contributed by atoms with E-state index in [0.29, 0.717) is 0 Å². The van der Waals surface area contributed by atoms with Gasteiger partial charge in [0.2, 0.25) is 0 Å². The summed E-state index contributed by atoms with van der Waals surface area (Å²) < 4.78 is 0. The molecule has 0 radical (unpaired) electrons. The fourth-order valence-corrected chi connectivity index (χ4v) is 0.346. The molecule has 13 heavy (non-hydrogen) atoms. The highest BCUT2D eigenvalue weighted by molar-refractivity contribution is 5.66. The smallest absolute Gasteiger partial charge is 0.0860 e. The Morgan fingerprint density at radius 3 is 2.00 bits per heavy atom. The van der Waals surface area contributed by atoms with E-state index < -0.39 is 5.97 Å². The molecule has 0 rings (SSSR count). The Balaban J connectivity index is 0. The zero-order valence-corrected chi connectivity index (χ0v) is 9.09. The fraction of sp³-hybridized carbons (Fsp3) is 0.700. The second-order valence-corrected chi connectivity index (χ2v) is 4.02. The van der Waals surface area contributed by atoms with Gasteiger partial charge in [-0.25, -0.2) is 0 Å². The molecule has 0 heterocycles. The molecule has 0 aliphatic heterocycles. The van der Waals surface area contributed by atoms with Crippen LogP contribution in [0.2, 0.25) is 0 Å². The van der Waals surface area contributed by atoms with Crippen molar-refractivity contribution in [2.75, 3.05) is 0 Å². The van der Waals surface area contributed by atoms with E-state index in [2.05, 4.69) is 26.5 Å². The Morgan fingerprint density at radius 2 is 1.77 bits per heavy atom. The average molecular weight is 187 g/mol. The van der Waals surface area contributed by atoms with E-state index in [-0.39, 0.29) is 12.0 Å². The Bertz CT molecular complexity index is 151. The predicted molar refractivity (Wildman–Crippen MR) is 51.7 cm³/mol. The molecule has 0 bridgehead atoms. The lowest BCUT2D eigenvalue weighted by molar-refractivity contribution is -0.458. The lowest BCUT2D eigenvalue weighted by atomic mass is 10.1. The van der Waals surface area contributed by atoms with Crippen LogP contribution in [0.5, 0.6) is 0 Å². The molecule has 0 amide bonds. The number of carbonyl (C=O) groups excluding carboxylic acids is 1. The molecule has 0 aromatic carbocycles. The highest BCUT2D eigenvalue weighted by Crippen LogP contribution is 1.84. The number of aliphatic carboxylic acids is 1. The Kier molecular flexibility index (Phi) is 8.81. The van der Waals surface area contributed by atoms with Crippen LogP contribution in [0.15, 0.2) is 12.2 Å². The minimum Gasteiger partial charge on any atom is -0.550 e. The van der Waals surface area contributed by atoms with Gasteiger partial charge in [0.25, 0.3) is 0 Å². The fourth-order valence-electron chi connectivity index (χ4n) is 0.346. The lowest BCUT2D eigenvalue weighted by Crippen LogP contribution is -2.67. The maximum Gasteiger partial charge on any atom is 0.0860 e. The summed E-state index contributed by atoms with van der Waals surface area (Å²) in [6.07, 6.45) is 4.31. The molecule has 0 atom stereocenters. The molecule has 0 aromatic heterocycles. The van der Waals surface area contributed by atoms with E-state index in [0.717, 1.165) is 6.42 Å². The number of carboxylic acids is 1. The Hall–Kier alpha value is -0.830. The second-order valence-electron chi connectivity index (χ2n) is 4.02. The SMILES string of the molecule is CC(C)(C)[NH3+].CCC=CCC(=O)[O-]. The van der Waals surface area contributed by atoms with Crippen molar-refractivity contribution in [2.45, 2.75) is 46.1 Å². The van der Waals surface area contributed by atoms with E-state index in [1.165, 1.54) is 0 Å². The van der Waals surface area contributed by atoms with Crippen molar-refractivity contribution in [3.05, 3.63) is 12.2 Å². The van der Waals surface area contributed by atoms with Gasteiger partial charge in [-0.05, 0) is 27.2 Å². The number of quaternary nitrogens is 1. The highest BCUT2D eigenvalue weighted by Gasteiger charge is 2.00. The second kappa shape index (κ2) is 7.80. The standard InChI is InChI=1S/C6H10O2.C4H11N/c1-2-3-4-5-6(7)8;1-4(2,3)5/h3-4H,2,5H2,1H3,(H,7,8);5H2,1-3H3. The minimum atomic E-state index is -1.02. The van der Waals surface area contributed by atoms with Gasteiger partial charge in [0, 0.05) is 12.4 Å². The lowest BCUT2D eigenvalue weighted by Gasteiger charge is -2.01. The largest absolute Gasteiger partial charge is 0.550 e. The monoisotopic (exact) mass is 187 g/mol. The minimum absolute atomic E-state index is 0.0356. The van der Waals surface area contributed by atoms with Crippen molar-refractivity contribution in [1.29, 1.82) is 0 Å². The molecular formula is C10H21NO2. The van der Waals surface area contributed by atoms with Gasteiger partial charge in [-0.2, -0.15) is 0 Å². The molecule has 3 N–H and O–H groups in total. The van der Waals surface area contributed by atoms with Crippen LogP contribution in [0.3, 0.4) is 0 Å². The number of carbonyl (C=O) groups is 1. The van der Waals surface area contributed by atoms with Gasteiger partial charge in [0.15, 0.2) is 0 Å². The summed E-state index contributed by atoms with van der Waals surface area (Å²) in [7, 11) is 0. The first-order valence-electron chi connectivity index (χ1n) is 4.47. The van der Waals surface area contributed by atoms with E-state index in [9.17, 15) is 9.90 Å². The molecule has 0 aromatic rings. The van der Waals surface area contributed by atoms with E-state index >= 15 is 0 Å². The average Bonchev–Trinajstić information content (AvgIpc) is 1.83. The summed E-state index contributed by atoms with van der Waals surface area (Å²) in [6.45, 7) is 8.18. The molecule has 0 saturated carbocycles. The van der Waals surface area contributed by atoms with Gasteiger partial charge in [-0.15, -0.1) is 0 Å². The zero-order chi connectivity index (χ0) is 10.9. The number of rotatable bonds is 3. The molecular weight excluding hydrogens is 166 g/mol. The van der Waals surface area contributed by atoms with Gasteiger partial charge in [0.05, 0.1) is 5.54 Å². The topological polar surface area (TPSA) is 67.8 Å². The third-order valence-corrected chi connectivity index (χ3v) is 0.687. The molecule has 0 aliphatic rings. The first-order chi connectivity index (χ1) is 5.77. The first kappa shape index (κ1) is 14.7. The van der Waals surface area contributed by atoms with Crippen molar-refractivity contribution in [3.8, 4) is 0 Å². The van der Waals surface area contributed by atoms with Crippen LogP contribution in [-0.4, -0.2) is 11.5 Å². The van der Waals surface area contributed by atoms with Crippen LogP contribution in [0.1, 0.15) is 40.5 Å². The summed E-state index contributed by atoms with van der Waals surface area (Å²) in [5, 5.41) is 9.71. The van der Waals surface area contributed by atoms with E-state index in [1.807, 2.05) is 6.92 Å². The molecule has 0 aliphatic carbocycles. The van der Waals surface area contributed by atoms with Crippen LogP contribution in [0, 0.1) is 0 Å². The summed E-state index contributed by atoms with van der Waals surface area (Å²) in [5.74, 6) is -1.02. The first-order valence-corrected chi connectivity index (χ1v) is 4.47. The molecule has 0 fully saturated rings. The summed E-state index contributed by atoms with van der Waals surface area (Å²) in [5.41, 5.74) is 4.02. The van der Waals surface area contributed by atoms with Crippen LogP contribution in [0.4, 0.5) is 0 Å². The van der Waals surface area contributed by atoms with Gasteiger partial charge in [-0.1, -0.05) is 19.1 Å². The van der Waals surface area contributed by atoms with Gasteiger partial charge < -0.3 is 15.6 Å². The number of allylic oxidation sites excluding steroid dienone is 1. The van der Waals surface area contributed by atoms with E-state index in [1.54, 1.807) is 12.2 Å². The highest BCUT2D eigenvalue weighted by atomic mass is 16.4. The van der Waals surface area contributed by atoms with Gasteiger partial charge >= 0.3 is 0 Å². The van der Waals surface area contributed by atoms with Crippen molar-refractivity contribution in [1.82, 2.24) is 0 Å². The van der Waals surface area contributed by atoms with Crippen LogP contribution >= 0.6 is 0 Å². The molecule has 0 saturated heterocycles. The molecule has 0 unspecified atom stereocenters. The predicted octanol–water partition coefficient (Wildman–Crippen LogP) is 0.119. The molecule has 0 spiro atoms. The zero-order valence-electron chi connectivity index (χ0n) is 9.09. The summed E-state index contributed by atoms with van der Waals surface area (Å²) in [6, 6.07) is 0. The molecule has 78 valence electrons. The Labute approximate surface area is 80.6 Å². The number of hydrogen-bond donors (Lipinski definition) is 1. The summed E-state index contributed by atoms with van der Waals surface area (Å²) in [4.78, 5) is 9.71. The maximum absolute atomic E-state index is 9.71. The molecule has 3 heteroatoms. The quantitative estimate of drug-likeness (QED) is 0.638. The van der Waals surface area contributed by atoms with Crippen LogP contribution in [0.25, 0.3) is 0 Å². The van der Waals surface area contributed by atoms with Gasteiger partial charge in [-0.3, -0.25) is 0 Å². The normalized spacial score (nSPS) is 10.8. The van der Waals surface area contributed by atoms with Crippen molar-refractivity contribution >= 4 is 5.97 Å². The third-order valence-electron chi connectivity index (χ3n) is 0.687. The van der Waals surface area contributed by atoms with Crippen LogP contribution in [-0.2, 0) is 4.79 Å². The number of carboxylic acid groups (broad SMARTS) is 1.